The Kier molecular flexibility index (Phi) is 4.27. The number of halogens is 9. The second kappa shape index (κ2) is 5.87. The third-order valence-corrected chi connectivity index (χ3v) is 2.63. The van der Waals surface area contributed by atoms with E-state index in [-0.39, 0.29) is 6.07 Å². The average molecular weight is 340 g/mol. The first-order valence-electron chi connectivity index (χ1n) is 5.53. The first-order valence-corrected chi connectivity index (χ1v) is 5.53. The van der Waals surface area contributed by atoms with E-state index in [4.69, 9.17) is 0 Å². The zero-order chi connectivity index (χ0) is 17.5. The fraction of sp³-hybridized carbons (Fsp3) is 0. The quantitative estimate of drug-likeness (QED) is 0.290. The predicted octanol–water partition coefficient (Wildman–Crippen LogP) is 4.34. The van der Waals surface area contributed by atoms with E-state index in [1.807, 2.05) is 0 Å². The van der Waals surface area contributed by atoms with Gasteiger partial charge < -0.3 is 0 Å². The maximum absolute atomic E-state index is 13.3. The molecule has 0 aliphatic heterocycles. The summed E-state index contributed by atoms with van der Waals surface area (Å²) in [5, 5.41) is 0. The summed E-state index contributed by atoms with van der Waals surface area (Å²) in [6.07, 6.45) is 0. The van der Waals surface area contributed by atoms with Crippen LogP contribution in [0.15, 0.2) is 6.07 Å². The van der Waals surface area contributed by atoms with E-state index < -0.39 is 63.5 Å². The molecule has 0 aliphatic carbocycles. The third kappa shape index (κ3) is 2.72. The summed E-state index contributed by atoms with van der Waals surface area (Å²) >= 11 is 0. The van der Waals surface area contributed by atoms with E-state index in [2.05, 4.69) is 0 Å². The van der Waals surface area contributed by atoms with Crippen molar-refractivity contribution in [3.8, 4) is 11.8 Å². The van der Waals surface area contributed by atoms with Gasteiger partial charge in [-0.05, 0) is 6.07 Å². The first kappa shape index (κ1) is 16.7. The molecule has 2 aromatic rings. The minimum Gasteiger partial charge on any atom is -0.204 e. The van der Waals surface area contributed by atoms with Gasteiger partial charge in [-0.25, -0.2) is 39.5 Å². The zero-order valence-corrected chi connectivity index (χ0v) is 10.5. The molecule has 0 atom stereocenters. The molecule has 2 rings (SSSR count). The fourth-order valence-corrected chi connectivity index (χ4v) is 1.51. The lowest BCUT2D eigenvalue weighted by molar-refractivity contribution is 0.376. The van der Waals surface area contributed by atoms with Crippen LogP contribution in [0.1, 0.15) is 11.1 Å². The van der Waals surface area contributed by atoms with Crippen molar-refractivity contribution >= 4 is 0 Å². The van der Waals surface area contributed by atoms with Gasteiger partial charge in [0.25, 0.3) is 0 Å². The van der Waals surface area contributed by atoms with Crippen LogP contribution in [0, 0.1) is 64.2 Å². The molecule has 23 heavy (non-hydrogen) atoms. The monoisotopic (exact) mass is 340 g/mol. The molecule has 0 saturated carbocycles. The smallest absolute Gasteiger partial charge is 0.200 e. The summed E-state index contributed by atoms with van der Waals surface area (Å²) in [4.78, 5) is 0. The highest BCUT2D eigenvalue weighted by atomic mass is 19.2. The largest absolute Gasteiger partial charge is 0.204 e. The van der Waals surface area contributed by atoms with Crippen molar-refractivity contribution in [1.82, 2.24) is 0 Å². The molecule has 0 aliphatic rings. The van der Waals surface area contributed by atoms with Crippen molar-refractivity contribution in [1.29, 1.82) is 0 Å². The maximum atomic E-state index is 13.3. The van der Waals surface area contributed by atoms with Gasteiger partial charge in [0.15, 0.2) is 46.5 Å². The number of benzene rings is 2. The van der Waals surface area contributed by atoms with Crippen LogP contribution in [-0.2, 0) is 0 Å². The molecule has 2 aromatic carbocycles. The van der Waals surface area contributed by atoms with E-state index in [0.29, 0.717) is 0 Å². The highest BCUT2D eigenvalue weighted by Crippen LogP contribution is 2.23. The first-order chi connectivity index (χ1) is 10.7. The van der Waals surface area contributed by atoms with Crippen LogP contribution in [0.3, 0.4) is 0 Å². The van der Waals surface area contributed by atoms with E-state index in [0.717, 1.165) is 0 Å². The molecular formula is C14HF9. The SMILES string of the molecule is Fc1cc(C#Cc2c(F)c(F)c(F)c(F)c2F)c(F)c(F)c1F. The van der Waals surface area contributed by atoms with Gasteiger partial charge in [-0.15, -0.1) is 0 Å². The van der Waals surface area contributed by atoms with Gasteiger partial charge in [0.2, 0.25) is 5.82 Å². The molecule has 0 fully saturated rings. The van der Waals surface area contributed by atoms with Crippen LogP contribution in [-0.4, -0.2) is 0 Å². The van der Waals surface area contributed by atoms with Crippen LogP contribution >= 0.6 is 0 Å². The molecule has 120 valence electrons. The summed E-state index contributed by atoms with van der Waals surface area (Å²) in [5.41, 5.74) is -2.81. The molecule has 0 aromatic heterocycles. The third-order valence-electron chi connectivity index (χ3n) is 2.63. The highest BCUT2D eigenvalue weighted by molar-refractivity contribution is 5.45. The summed E-state index contributed by atoms with van der Waals surface area (Å²) < 4.78 is 117. The van der Waals surface area contributed by atoms with Gasteiger partial charge in [-0.2, -0.15) is 0 Å². The summed E-state index contributed by atoms with van der Waals surface area (Å²) in [5.74, 6) is -17.0. The Balaban J connectivity index is 2.66. The van der Waals surface area contributed by atoms with E-state index >= 15 is 0 Å². The average Bonchev–Trinajstić information content (AvgIpc) is 2.53. The Morgan fingerprint density at radius 1 is 0.478 bits per heavy atom. The van der Waals surface area contributed by atoms with Gasteiger partial charge in [0, 0.05) is 0 Å². The molecule has 0 nitrogen and oxygen atoms in total. The van der Waals surface area contributed by atoms with Crippen molar-refractivity contribution in [2.24, 2.45) is 0 Å². The van der Waals surface area contributed by atoms with Gasteiger partial charge in [0.05, 0.1) is 5.56 Å². The van der Waals surface area contributed by atoms with Crippen molar-refractivity contribution in [3.63, 3.8) is 0 Å². The molecule has 0 heterocycles. The molecule has 0 spiro atoms. The molecule has 0 N–H and O–H groups in total. The summed E-state index contributed by atoms with van der Waals surface area (Å²) in [7, 11) is 0. The lowest BCUT2D eigenvalue weighted by Gasteiger charge is -2.03. The second-order valence-corrected chi connectivity index (χ2v) is 4.04. The van der Waals surface area contributed by atoms with Crippen molar-refractivity contribution in [2.75, 3.05) is 0 Å². The van der Waals surface area contributed by atoms with Crippen LogP contribution in [0.25, 0.3) is 0 Å². The minimum atomic E-state index is -2.43. The van der Waals surface area contributed by atoms with Crippen molar-refractivity contribution in [2.45, 2.75) is 0 Å². The lowest BCUT2D eigenvalue weighted by Crippen LogP contribution is -2.04. The topological polar surface area (TPSA) is 0 Å². The Hall–Kier alpha value is -2.63. The van der Waals surface area contributed by atoms with Crippen LogP contribution in [0.4, 0.5) is 39.5 Å². The molecule has 0 unspecified atom stereocenters. The molecule has 0 saturated heterocycles. The molecular weight excluding hydrogens is 339 g/mol. The number of hydrogen-bond donors (Lipinski definition) is 0. The van der Waals surface area contributed by atoms with Crippen LogP contribution < -0.4 is 0 Å². The molecule has 9 heteroatoms. The van der Waals surface area contributed by atoms with Crippen molar-refractivity contribution < 1.29 is 39.5 Å². The Bertz CT molecular complexity index is 846. The summed E-state index contributed by atoms with van der Waals surface area (Å²) in [6.45, 7) is 0. The Morgan fingerprint density at radius 3 is 1.43 bits per heavy atom. The van der Waals surface area contributed by atoms with Crippen molar-refractivity contribution in [3.05, 3.63) is 69.5 Å². The highest BCUT2D eigenvalue weighted by Gasteiger charge is 2.25. The molecule has 0 radical (unpaired) electrons. The number of hydrogen-bond acceptors (Lipinski definition) is 0. The zero-order valence-electron chi connectivity index (χ0n) is 10.5. The minimum absolute atomic E-state index is 0.0623. The second-order valence-electron chi connectivity index (χ2n) is 4.04. The van der Waals surface area contributed by atoms with Gasteiger partial charge in [-0.1, -0.05) is 11.8 Å². The Morgan fingerprint density at radius 2 is 0.913 bits per heavy atom. The van der Waals surface area contributed by atoms with Gasteiger partial charge >= 0.3 is 0 Å². The normalized spacial score (nSPS) is 10.5. The fourth-order valence-electron chi connectivity index (χ4n) is 1.51. The van der Waals surface area contributed by atoms with Crippen LogP contribution in [0.2, 0.25) is 0 Å². The van der Waals surface area contributed by atoms with E-state index in [1.165, 1.54) is 11.8 Å². The van der Waals surface area contributed by atoms with Gasteiger partial charge in [0.1, 0.15) is 5.56 Å². The lowest BCUT2D eigenvalue weighted by atomic mass is 10.1. The van der Waals surface area contributed by atoms with Gasteiger partial charge in [-0.3, -0.25) is 0 Å². The standard InChI is InChI=1S/C14HF9/c15-6-3-4(7(16)11(20)10(6)19)1-2-5-8(17)12(21)14(23)13(22)9(5)18/h3H. The van der Waals surface area contributed by atoms with E-state index in [1.54, 1.807) is 0 Å². The van der Waals surface area contributed by atoms with Crippen LogP contribution in [0.5, 0.6) is 0 Å². The summed E-state index contributed by atoms with van der Waals surface area (Å²) in [6, 6.07) is 0.0623. The Labute approximate surface area is 122 Å². The number of rotatable bonds is 0. The molecule has 0 amide bonds. The van der Waals surface area contributed by atoms with E-state index in [9.17, 15) is 39.5 Å². The predicted molar refractivity (Wildman–Crippen MR) is 58.5 cm³/mol. The molecule has 0 bridgehead atoms. The maximum Gasteiger partial charge on any atom is 0.200 e.